The highest BCUT2D eigenvalue weighted by Gasteiger charge is 2.41. The number of carbonyl (C=O) groups is 1. The highest BCUT2D eigenvalue weighted by atomic mass is 32.2. The molecule has 0 bridgehead atoms. The Balaban J connectivity index is 1.49. The Kier molecular flexibility index (Phi) is 7.50. The van der Waals surface area contributed by atoms with Crippen LogP contribution >= 0.6 is 11.8 Å². The van der Waals surface area contributed by atoms with Crippen molar-refractivity contribution in [1.82, 2.24) is 10.2 Å². The van der Waals surface area contributed by atoms with Gasteiger partial charge in [0.1, 0.15) is 5.75 Å². The molecule has 2 aromatic rings. The summed E-state index contributed by atoms with van der Waals surface area (Å²) < 4.78 is 33.3. The van der Waals surface area contributed by atoms with Gasteiger partial charge in [-0.05, 0) is 36.4 Å². The zero-order chi connectivity index (χ0) is 25.1. The summed E-state index contributed by atoms with van der Waals surface area (Å²) >= 11 is 1.83. The highest BCUT2D eigenvalue weighted by molar-refractivity contribution is 7.99. The first-order valence-corrected chi connectivity index (χ1v) is 13.6. The number of phenols is 1. The second kappa shape index (κ2) is 10.4. The number of thioether (sulfide) groups is 1. The Hall–Kier alpha value is -2.87. The minimum absolute atomic E-state index is 0.0405. The van der Waals surface area contributed by atoms with E-state index in [9.17, 15) is 28.4 Å². The number of nitro benzene ring substituents is 1. The molecule has 2 aromatic carbocycles. The molecule has 2 aliphatic rings. The van der Waals surface area contributed by atoms with Gasteiger partial charge >= 0.3 is 0 Å². The van der Waals surface area contributed by atoms with E-state index in [1.54, 1.807) is 0 Å². The number of nitro groups is 1. The van der Waals surface area contributed by atoms with Crippen LogP contribution in [0.1, 0.15) is 16.8 Å². The second-order valence-electron chi connectivity index (χ2n) is 8.40. The average molecular weight is 523 g/mol. The summed E-state index contributed by atoms with van der Waals surface area (Å²) in [5, 5.41) is 24.2. The van der Waals surface area contributed by atoms with Crippen molar-refractivity contribution in [2.75, 3.05) is 49.1 Å². The minimum atomic E-state index is -4.16. The van der Waals surface area contributed by atoms with Gasteiger partial charge in [-0.2, -0.15) is 11.8 Å². The Morgan fingerprint density at radius 2 is 2.00 bits per heavy atom. The maximum Gasteiger partial charge on any atom is 0.270 e. The van der Waals surface area contributed by atoms with Gasteiger partial charge in [0.15, 0.2) is 0 Å². The maximum absolute atomic E-state index is 13.0. The first kappa shape index (κ1) is 25.2. The fourth-order valence-electron chi connectivity index (χ4n) is 4.23. The van der Waals surface area contributed by atoms with Crippen molar-refractivity contribution in [3.05, 3.63) is 58.1 Å². The summed E-state index contributed by atoms with van der Waals surface area (Å²) in [5.74, 6) is 1.06. The van der Waals surface area contributed by atoms with Gasteiger partial charge < -0.3 is 15.2 Å². The Bertz CT molecular complexity index is 1210. The molecule has 4 rings (SSSR count). The number of anilines is 1. The molecule has 1 amide bonds. The van der Waals surface area contributed by atoms with Crippen LogP contribution < -0.4 is 10.0 Å². The van der Waals surface area contributed by atoms with Crippen molar-refractivity contribution < 1.29 is 28.0 Å². The number of benzene rings is 2. The molecule has 11 nitrogen and oxygen atoms in total. The van der Waals surface area contributed by atoms with Gasteiger partial charge in [0, 0.05) is 48.7 Å². The van der Waals surface area contributed by atoms with Gasteiger partial charge in [-0.15, -0.1) is 0 Å². The third kappa shape index (κ3) is 5.69. The minimum Gasteiger partial charge on any atom is -0.507 e. The molecule has 0 spiro atoms. The number of hydrogen-bond acceptors (Lipinski definition) is 9. The summed E-state index contributed by atoms with van der Waals surface area (Å²) in [5.41, 5.74) is -0.593. The molecule has 2 heterocycles. The zero-order valence-electron chi connectivity index (χ0n) is 18.8. The number of morpholine rings is 1. The third-order valence-electron chi connectivity index (χ3n) is 6.17. The fraction of sp³-hybridized carbons (Fsp3) is 0.409. The molecule has 0 saturated carbocycles. The number of rotatable bonds is 8. The van der Waals surface area contributed by atoms with E-state index < -0.39 is 20.9 Å². The van der Waals surface area contributed by atoms with Crippen LogP contribution in [0.4, 0.5) is 11.4 Å². The number of ether oxygens (including phenoxy) is 1. The van der Waals surface area contributed by atoms with E-state index in [1.165, 1.54) is 36.4 Å². The lowest BCUT2D eigenvalue weighted by Gasteiger charge is -2.43. The van der Waals surface area contributed by atoms with Gasteiger partial charge in [0.25, 0.3) is 21.6 Å². The number of amides is 1. The van der Waals surface area contributed by atoms with Crippen molar-refractivity contribution in [3.8, 4) is 5.75 Å². The van der Waals surface area contributed by atoms with Crippen LogP contribution in [0.15, 0.2) is 47.4 Å². The van der Waals surface area contributed by atoms with Crippen LogP contribution in [0.5, 0.6) is 5.75 Å². The summed E-state index contributed by atoms with van der Waals surface area (Å²) in [6, 6.07) is 8.41. The number of carbonyl (C=O) groups excluding carboxylic acids is 1. The summed E-state index contributed by atoms with van der Waals surface area (Å²) in [6.45, 7) is 3.26. The van der Waals surface area contributed by atoms with Crippen LogP contribution in [0.25, 0.3) is 0 Å². The molecule has 0 aromatic heterocycles. The molecule has 0 unspecified atom stereocenters. The van der Waals surface area contributed by atoms with Crippen LogP contribution in [0.2, 0.25) is 0 Å². The second-order valence-corrected chi connectivity index (χ2v) is 11.2. The summed E-state index contributed by atoms with van der Waals surface area (Å²) in [6.07, 6.45) is 0.924. The number of nitrogens with one attached hydrogen (secondary N) is 2. The van der Waals surface area contributed by atoms with E-state index in [0.29, 0.717) is 19.8 Å². The van der Waals surface area contributed by atoms with Gasteiger partial charge in [-0.1, -0.05) is 6.07 Å². The number of aromatic hydroxyl groups is 1. The predicted molar refractivity (Wildman–Crippen MR) is 131 cm³/mol. The van der Waals surface area contributed by atoms with Crippen molar-refractivity contribution in [1.29, 1.82) is 0 Å². The molecule has 2 saturated heterocycles. The molecule has 35 heavy (non-hydrogen) atoms. The summed E-state index contributed by atoms with van der Waals surface area (Å²) in [4.78, 5) is 25.3. The maximum atomic E-state index is 13.0. The monoisotopic (exact) mass is 522 g/mol. The van der Waals surface area contributed by atoms with E-state index >= 15 is 0 Å². The van der Waals surface area contributed by atoms with Gasteiger partial charge in [-0.25, -0.2) is 8.42 Å². The Morgan fingerprint density at radius 3 is 2.69 bits per heavy atom. The quantitative estimate of drug-likeness (QED) is 0.269. The zero-order valence-corrected chi connectivity index (χ0v) is 20.4. The first-order chi connectivity index (χ1) is 16.7. The van der Waals surface area contributed by atoms with E-state index in [-0.39, 0.29) is 33.1 Å². The average Bonchev–Trinajstić information content (AvgIpc) is 3.34. The SMILES string of the molecule is O=C(NC[C@]1(N2CCOCC2)CCSC1)c1cc(NS(=O)(=O)c2cccc([N+](=O)[O-])c2)ccc1O. The number of phenolic OH excluding ortho intramolecular Hbond substituents is 1. The number of hydrogen-bond donors (Lipinski definition) is 3. The molecular weight excluding hydrogens is 496 g/mol. The van der Waals surface area contributed by atoms with E-state index in [2.05, 4.69) is 14.9 Å². The van der Waals surface area contributed by atoms with E-state index in [4.69, 9.17) is 4.74 Å². The first-order valence-electron chi connectivity index (χ1n) is 11.0. The van der Waals surface area contributed by atoms with Crippen LogP contribution in [0.3, 0.4) is 0 Å². The smallest absolute Gasteiger partial charge is 0.270 e. The molecule has 1 atom stereocenters. The molecule has 0 aliphatic carbocycles. The van der Waals surface area contributed by atoms with Crippen LogP contribution in [-0.2, 0) is 14.8 Å². The molecule has 13 heteroatoms. The van der Waals surface area contributed by atoms with Crippen molar-refractivity contribution in [2.45, 2.75) is 16.9 Å². The lowest BCUT2D eigenvalue weighted by atomic mass is 9.95. The highest BCUT2D eigenvalue weighted by Crippen LogP contribution is 2.34. The van der Waals surface area contributed by atoms with Crippen LogP contribution in [-0.4, -0.2) is 79.1 Å². The number of nitrogens with zero attached hydrogens (tertiary/aromatic N) is 2. The lowest BCUT2D eigenvalue weighted by molar-refractivity contribution is -0.385. The lowest BCUT2D eigenvalue weighted by Crippen LogP contribution is -2.59. The third-order valence-corrected chi connectivity index (χ3v) is 8.79. The predicted octanol–water partition coefficient (Wildman–Crippen LogP) is 2.04. The normalized spacial score (nSPS) is 20.9. The number of non-ortho nitro benzene ring substituents is 1. The molecule has 3 N–H and O–H groups in total. The molecule has 2 fully saturated rings. The number of sulfonamides is 1. The van der Waals surface area contributed by atoms with Crippen molar-refractivity contribution in [2.24, 2.45) is 0 Å². The Labute approximate surface area is 207 Å². The summed E-state index contributed by atoms with van der Waals surface area (Å²) in [7, 11) is -4.16. The molecule has 0 radical (unpaired) electrons. The largest absolute Gasteiger partial charge is 0.507 e. The van der Waals surface area contributed by atoms with Gasteiger partial charge in [-0.3, -0.25) is 24.5 Å². The van der Waals surface area contributed by atoms with Gasteiger partial charge in [0.05, 0.1) is 28.6 Å². The van der Waals surface area contributed by atoms with E-state index in [0.717, 1.165) is 37.1 Å². The molecule has 2 aliphatic heterocycles. The fourth-order valence-corrected chi connectivity index (χ4v) is 6.80. The molecular formula is C22H26N4O7S2. The van der Waals surface area contributed by atoms with Gasteiger partial charge in [0.2, 0.25) is 0 Å². The van der Waals surface area contributed by atoms with E-state index in [1.807, 2.05) is 11.8 Å². The Morgan fingerprint density at radius 1 is 1.23 bits per heavy atom. The van der Waals surface area contributed by atoms with Crippen LogP contribution in [0, 0.1) is 10.1 Å². The van der Waals surface area contributed by atoms with Crippen molar-refractivity contribution >= 4 is 39.1 Å². The topological polar surface area (TPSA) is 151 Å². The standard InChI is InChI=1S/C22H26N4O7S2/c27-20-5-4-16(24-35(31,32)18-3-1-2-17(13-18)26(29)30)12-19(20)21(28)23-14-22(6-11-34-15-22)25-7-9-33-10-8-25/h1-5,12-13,24,27H,6-11,14-15H2,(H,23,28)/t22-/m1/s1. The molecule has 188 valence electrons. The van der Waals surface area contributed by atoms with Crippen molar-refractivity contribution in [3.63, 3.8) is 0 Å².